The van der Waals surface area contributed by atoms with Gasteiger partial charge in [0.2, 0.25) is 5.88 Å². The van der Waals surface area contributed by atoms with Gasteiger partial charge in [0, 0.05) is 12.6 Å². The highest BCUT2D eigenvalue weighted by Gasteiger charge is 2.32. The van der Waals surface area contributed by atoms with E-state index in [0.29, 0.717) is 33.7 Å². The molecule has 3 aromatic heterocycles. The lowest BCUT2D eigenvalue weighted by molar-refractivity contribution is 0.100. The molecule has 1 amide bonds. The van der Waals surface area contributed by atoms with Crippen LogP contribution in [0.15, 0.2) is 18.5 Å². The Morgan fingerprint density at radius 1 is 1.26 bits per heavy atom. The standard InChI is InChI=1S/C22H24N6O3/c1-10-5-8-13(30-4)11(2)17(10)28-18-14(15(19(28)23)20(24)29)22(31-12-6-7-12)26-21-16(18)25-9-27(21)3/h5,8-9,12H,6-7,23H2,1-4H3,(H2,24,29). The van der Waals surface area contributed by atoms with Crippen LogP contribution in [-0.2, 0) is 7.05 Å². The molecule has 0 saturated heterocycles. The summed E-state index contributed by atoms with van der Waals surface area (Å²) in [6.07, 6.45) is 3.65. The highest BCUT2D eigenvalue weighted by molar-refractivity contribution is 6.18. The highest BCUT2D eigenvalue weighted by atomic mass is 16.5. The first kappa shape index (κ1) is 19.2. The first-order valence-corrected chi connectivity index (χ1v) is 10.1. The van der Waals surface area contributed by atoms with Crippen LogP contribution in [0.3, 0.4) is 0 Å². The van der Waals surface area contributed by atoms with Crippen molar-refractivity contribution in [1.29, 1.82) is 0 Å². The summed E-state index contributed by atoms with van der Waals surface area (Å²) in [6.45, 7) is 3.93. The molecule has 1 fully saturated rings. The predicted molar refractivity (Wildman–Crippen MR) is 118 cm³/mol. The first-order valence-electron chi connectivity index (χ1n) is 10.1. The average molecular weight is 420 g/mol. The van der Waals surface area contributed by atoms with E-state index in [9.17, 15) is 4.79 Å². The number of amides is 1. The number of aromatic nitrogens is 4. The van der Waals surface area contributed by atoms with Gasteiger partial charge >= 0.3 is 0 Å². The van der Waals surface area contributed by atoms with Crippen LogP contribution in [0.1, 0.15) is 34.3 Å². The van der Waals surface area contributed by atoms with Crippen molar-refractivity contribution in [3.8, 4) is 17.3 Å². The number of nitrogens with two attached hydrogens (primary N) is 2. The van der Waals surface area contributed by atoms with E-state index in [2.05, 4.69) is 9.97 Å². The molecule has 1 aliphatic rings. The molecule has 0 aliphatic heterocycles. The van der Waals surface area contributed by atoms with Gasteiger partial charge in [-0.1, -0.05) is 6.07 Å². The molecular formula is C22H24N6O3. The van der Waals surface area contributed by atoms with Crippen molar-refractivity contribution in [2.45, 2.75) is 32.8 Å². The zero-order valence-electron chi connectivity index (χ0n) is 17.9. The number of methoxy groups -OCH3 is 1. The molecule has 9 heteroatoms. The van der Waals surface area contributed by atoms with E-state index in [-0.39, 0.29) is 17.5 Å². The lowest BCUT2D eigenvalue weighted by Crippen LogP contribution is -2.14. The van der Waals surface area contributed by atoms with E-state index in [1.54, 1.807) is 13.4 Å². The largest absolute Gasteiger partial charge is 0.496 e. The van der Waals surface area contributed by atoms with Crippen LogP contribution in [0.25, 0.3) is 27.8 Å². The molecule has 9 nitrogen and oxygen atoms in total. The fourth-order valence-electron chi connectivity index (χ4n) is 4.19. The number of aryl methyl sites for hydroxylation is 2. The average Bonchev–Trinajstić information content (AvgIpc) is 3.39. The highest BCUT2D eigenvalue weighted by Crippen LogP contribution is 2.43. The van der Waals surface area contributed by atoms with Crippen molar-refractivity contribution in [3.05, 3.63) is 35.2 Å². The molecule has 4 N–H and O–H groups in total. The number of imidazole rings is 1. The van der Waals surface area contributed by atoms with Crippen molar-refractivity contribution in [2.24, 2.45) is 12.8 Å². The summed E-state index contributed by atoms with van der Waals surface area (Å²) in [7, 11) is 3.48. The van der Waals surface area contributed by atoms with Crippen LogP contribution < -0.4 is 20.9 Å². The van der Waals surface area contributed by atoms with E-state index in [4.69, 9.17) is 20.9 Å². The molecule has 160 valence electrons. The molecule has 3 heterocycles. The summed E-state index contributed by atoms with van der Waals surface area (Å²) >= 11 is 0. The van der Waals surface area contributed by atoms with Crippen LogP contribution in [0.2, 0.25) is 0 Å². The molecule has 1 saturated carbocycles. The third-order valence-electron chi connectivity index (χ3n) is 5.83. The van der Waals surface area contributed by atoms with Crippen molar-refractivity contribution >= 4 is 33.8 Å². The smallest absolute Gasteiger partial charge is 0.253 e. The zero-order chi connectivity index (χ0) is 22.0. The van der Waals surface area contributed by atoms with Crippen LogP contribution in [0.4, 0.5) is 5.82 Å². The Labute approximate surface area is 178 Å². The Kier molecular flexibility index (Phi) is 4.11. The summed E-state index contributed by atoms with van der Waals surface area (Å²) in [6, 6.07) is 3.86. The number of hydrogen-bond acceptors (Lipinski definition) is 6. The maximum absolute atomic E-state index is 12.6. The van der Waals surface area contributed by atoms with Gasteiger partial charge in [-0.15, -0.1) is 0 Å². The maximum atomic E-state index is 12.6. The van der Waals surface area contributed by atoms with Gasteiger partial charge in [0.1, 0.15) is 23.2 Å². The SMILES string of the molecule is COc1ccc(C)c(-n2c(N)c(C(N)=O)c3c(OC4CC4)nc4c(ncn4C)c32)c1C. The molecule has 0 unspecified atom stereocenters. The van der Waals surface area contributed by atoms with Gasteiger partial charge in [-0.3, -0.25) is 9.36 Å². The van der Waals surface area contributed by atoms with Gasteiger partial charge in [0.15, 0.2) is 5.65 Å². The van der Waals surface area contributed by atoms with Gasteiger partial charge in [-0.05, 0) is 38.3 Å². The molecule has 0 bridgehead atoms. The van der Waals surface area contributed by atoms with Crippen molar-refractivity contribution in [1.82, 2.24) is 19.1 Å². The second kappa shape index (κ2) is 6.63. The number of carbonyl (C=O) groups is 1. The van der Waals surface area contributed by atoms with Gasteiger partial charge in [0.25, 0.3) is 5.91 Å². The summed E-state index contributed by atoms with van der Waals surface area (Å²) in [4.78, 5) is 21.8. The number of nitrogens with zero attached hydrogens (tertiary/aromatic N) is 4. The quantitative estimate of drug-likeness (QED) is 0.512. The Morgan fingerprint density at radius 3 is 2.65 bits per heavy atom. The molecule has 0 radical (unpaired) electrons. The van der Waals surface area contributed by atoms with Crippen LogP contribution in [-0.4, -0.2) is 38.2 Å². The minimum Gasteiger partial charge on any atom is -0.496 e. The summed E-state index contributed by atoms with van der Waals surface area (Å²) < 4.78 is 15.3. The number of rotatable bonds is 5. The third kappa shape index (κ3) is 2.73. The predicted octanol–water partition coefficient (Wildman–Crippen LogP) is 2.76. The number of hydrogen-bond donors (Lipinski definition) is 2. The second-order valence-corrected chi connectivity index (χ2v) is 8.00. The van der Waals surface area contributed by atoms with Gasteiger partial charge in [-0.2, -0.15) is 4.98 Å². The summed E-state index contributed by atoms with van der Waals surface area (Å²) in [5.74, 6) is 0.647. The lowest BCUT2D eigenvalue weighted by Gasteiger charge is -2.17. The number of fused-ring (bicyclic) bond motifs is 3. The Morgan fingerprint density at radius 2 is 2.00 bits per heavy atom. The molecule has 1 aliphatic carbocycles. The van der Waals surface area contributed by atoms with Crippen LogP contribution in [0, 0.1) is 13.8 Å². The Bertz CT molecular complexity index is 1380. The van der Waals surface area contributed by atoms with E-state index in [0.717, 1.165) is 29.7 Å². The van der Waals surface area contributed by atoms with E-state index in [1.165, 1.54) is 0 Å². The van der Waals surface area contributed by atoms with Crippen LogP contribution in [0.5, 0.6) is 11.6 Å². The minimum atomic E-state index is -0.641. The van der Waals surface area contributed by atoms with Crippen molar-refractivity contribution in [3.63, 3.8) is 0 Å². The lowest BCUT2D eigenvalue weighted by atomic mass is 10.1. The van der Waals surface area contributed by atoms with Crippen LogP contribution >= 0.6 is 0 Å². The maximum Gasteiger partial charge on any atom is 0.253 e. The van der Waals surface area contributed by atoms with Gasteiger partial charge in [-0.25, -0.2) is 4.98 Å². The topological polar surface area (TPSA) is 123 Å². The fourth-order valence-corrected chi connectivity index (χ4v) is 4.19. The molecule has 31 heavy (non-hydrogen) atoms. The number of pyridine rings is 1. The third-order valence-corrected chi connectivity index (χ3v) is 5.83. The molecule has 4 aromatic rings. The zero-order valence-corrected chi connectivity index (χ0v) is 17.9. The number of nitrogen functional groups attached to an aromatic ring is 1. The van der Waals surface area contributed by atoms with E-state index >= 15 is 0 Å². The monoisotopic (exact) mass is 420 g/mol. The minimum absolute atomic E-state index is 0.0759. The van der Waals surface area contributed by atoms with E-state index in [1.807, 2.05) is 42.2 Å². The number of carbonyl (C=O) groups excluding carboxylic acids is 1. The fraction of sp³-hybridized carbons (Fsp3) is 0.318. The molecular weight excluding hydrogens is 396 g/mol. The van der Waals surface area contributed by atoms with Gasteiger partial charge in [0.05, 0.1) is 35.6 Å². The Hall–Kier alpha value is -3.75. The Balaban J connectivity index is 2.00. The normalized spacial score (nSPS) is 13.8. The van der Waals surface area contributed by atoms with Crippen molar-refractivity contribution in [2.75, 3.05) is 12.8 Å². The number of benzene rings is 1. The molecule has 0 atom stereocenters. The molecule has 0 spiro atoms. The number of anilines is 1. The summed E-state index contributed by atoms with van der Waals surface area (Å²) in [5.41, 5.74) is 17.1. The first-order chi connectivity index (χ1) is 14.8. The number of ether oxygens (including phenoxy) is 2. The summed E-state index contributed by atoms with van der Waals surface area (Å²) in [5, 5.41) is 0.490. The molecule has 5 rings (SSSR count). The molecule has 1 aromatic carbocycles. The van der Waals surface area contributed by atoms with Crippen molar-refractivity contribution < 1.29 is 14.3 Å². The second-order valence-electron chi connectivity index (χ2n) is 8.00. The van der Waals surface area contributed by atoms with Gasteiger partial charge < -0.3 is 25.5 Å². The number of primary amides is 1. The van der Waals surface area contributed by atoms with E-state index < -0.39 is 5.91 Å².